The van der Waals surface area contributed by atoms with Gasteiger partial charge < -0.3 is 4.42 Å². The summed E-state index contributed by atoms with van der Waals surface area (Å²) >= 11 is 0. The van der Waals surface area contributed by atoms with Crippen molar-refractivity contribution in [2.24, 2.45) is 14.1 Å². The Labute approximate surface area is 180 Å². The molecular weight excluding hydrogens is 380 g/mol. The number of imidazole rings is 1. The summed E-state index contributed by atoms with van der Waals surface area (Å²) in [6.07, 6.45) is 4.16. The second-order valence-corrected chi connectivity index (χ2v) is 8.32. The number of rotatable bonds is 2. The highest BCUT2D eigenvalue weighted by atomic mass is 16.3. The van der Waals surface area contributed by atoms with E-state index in [0.29, 0.717) is 0 Å². The molecule has 0 N–H and O–H groups in total. The molecule has 4 aromatic carbocycles. The Morgan fingerprint density at radius 2 is 1.61 bits per heavy atom. The summed E-state index contributed by atoms with van der Waals surface area (Å²) in [7, 11) is 4.16. The number of para-hydroxylation sites is 1. The van der Waals surface area contributed by atoms with Crippen LogP contribution in [-0.2, 0) is 14.1 Å². The predicted molar refractivity (Wildman–Crippen MR) is 127 cm³/mol. The molecule has 6 aromatic rings. The summed E-state index contributed by atoms with van der Waals surface area (Å²) in [5, 5.41) is 4.79. The Kier molecular flexibility index (Phi) is 3.81. The molecule has 0 aliphatic rings. The molecule has 0 saturated heterocycles. The lowest BCUT2D eigenvalue weighted by Crippen LogP contribution is -2.29. The minimum Gasteiger partial charge on any atom is -0.454 e. The molecule has 0 spiro atoms. The van der Waals surface area contributed by atoms with Gasteiger partial charge in [0.25, 0.3) is 5.82 Å². The molecule has 31 heavy (non-hydrogen) atoms. The van der Waals surface area contributed by atoms with Gasteiger partial charge in [-0.1, -0.05) is 66.7 Å². The Hall–Kier alpha value is -3.85. The maximum atomic E-state index is 6.67. The average Bonchev–Trinajstić information content (AvgIpc) is 3.33. The first-order valence-electron chi connectivity index (χ1n) is 10.6. The lowest BCUT2D eigenvalue weighted by molar-refractivity contribution is -0.659. The van der Waals surface area contributed by atoms with E-state index in [0.717, 1.165) is 38.9 Å². The average molecular weight is 404 g/mol. The highest BCUT2D eigenvalue weighted by molar-refractivity contribution is 6.13. The first-order valence-corrected chi connectivity index (χ1v) is 10.6. The summed E-state index contributed by atoms with van der Waals surface area (Å²) in [4.78, 5) is 0. The number of hydrogen-bond acceptors (Lipinski definition) is 1. The number of hydrogen-bond donors (Lipinski definition) is 0. The number of furan rings is 1. The molecule has 0 amide bonds. The largest absolute Gasteiger partial charge is 0.454 e. The molecule has 150 valence electrons. The molecule has 0 saturated carbocycles. The van der Waals surface area contributed by atoms with Crippen molar-refractivity contribution < 1.29 is 8.98 Å². The molecule has 0 fully saturated rings. The summed E-state index contributed by atoms with van der Waals surface area (Å²) in [6, 6.07) is 25.9. The van der Waals surface area contributed by atoms with Crippen LogP contribution in [0.2, 0.25) is 0 Å². The summed E-state index contributed by atoms with van der Waals surface area (Å²) < 4.78 is 11.0. The van der Waals surface area contributed by atoms with Gasteiger partial charge in [0.05, 0.1) is 14.1 Å². The van der Waals surface area contributed by atoms with Crippen LogP contribution in [-0.4, -0.2) is 4.57 Å². The van der Waals surface area contributed by atoms with Crippen LogP contribution in [0.25, 0.3) is 55.2 Å². The second kappa shape index (κ2) is 6.58. The SMILES string of the molecule is Cc1ccc2c(oc3c(-c4ccc5ccccc5c4)cccc32)c1-c1n(C)cc[n+]1C. The van der Waals surface area contributed by atoms with E-state index in [2.05, 4.69) is 115 Å². The van der Waals surface area contributed by atoms with Gasteiger partial charge in [0.15, 0.2) is 5.58 Å². The van der Waals surface area contributed by atoms with Crippen LogP contribution >= 0.6 is 0 Å². The van der Waals surface area contributed by atoms with E-state index in [1.807, 2.05) is 0 Å². The smallest absolute Gasteiger partial charge is 0.292 e. The van der Waals surface area contributed by atoms with Crippen LogP contribution in [0.1, 0.15) is 5.56 Å². The van der Waals surface area contributed by atoms with Gasteiger partial charge in [-0.05, 0) is 34.9 Å². The molecular formula is C28H23N2O+. The fourth-order valence-electron chi connectivity index (χ4n) is 4.77. The minimum absolute atomic E-state index is 0.941. The van der Waals surface area contributed by atoms with Crippen LogP contribution in [0.3, 0.4) is 0 Å². The molecule has 0 radical (unpaired) electrons. The third kappa shape index (κ3) is 2.63. The van der Waals surface area contributed by atoms with E-state index in [1.54, 1.807) is 0 Å². The molecule has 0 aliphatic heterocycles. The lowest BCUT2D eigenvalue weighted by atomic mass is 9.98. The van der Waals surface area contributed by atoms with Gasteiger partial charge in [-0.2, -0.15) is 0 Å². The van der Waals surface area contributed by atoms with Crippen molar-refractivity contribution in [2.45, 2.75) is 6.92 Å². The number of aryl methyl sites for hydroxylation is 3. The van der Waals surface area contributed by atoms with Crippen LogP contribution in [0.15, 0.2) is 89.6 Å². The van der Waals surface area contributed by atoms with Crippen molar-refractivity contribution in [3.63, 3.8) is 0 Å². The van der Waals surface area contributed by atoms with Gasteiger partial charge in [0.2, 0.25) is 0 Å². The monoisotopic (exact) mass is 403 g/mol. The van der Waals surface area contributed by atoms with Gasteiger partial charge in [0, 0.05) is 16.3 Å². The maximum absolute atomic E-state index is 6.67. The molecule has 3 nitrogen and oxygen atoms in total. The van der Waals surface area contributed by atoms with Crippen molar-refractivity contribution in [2.75, 3.05) is 0 Å². The Morgan fingerprint density at radius 1 is 0.806 bits per heavy atom. The number of aromatic nitrogens is 2. The molecule has 2 aromatic heterocycles. The summed E-state index contributed by atoms with van der Waals surface area (Å²) in [6.45, 7) is 2.15. The second-order valence-electron chi connectivity index (χ2n) is 8.32. The fourth-order valence-corrected chi connectivity index (χ4v) is 4.77. The van der Waals surface area contributed by atoms with Crippen LogP contribution in [0.5, 0.6) is 0 Å². The minimum atomic E-state index is 0.941. The number of benzene rings is 4. The van der Waals surface area contributed by atoms with E-state index in [-0.39, 0.29) is 0 Å². The van der Waals surface area contributed by atoms with Gasteiger partial charge in [-0.3, -0.25) is 0 Å². The van der Waals surface area contributed by atoms with E-state index < -0.39 is 0 Å². The van der Waals surface area contributed by atoms with Crippen LogP contribution < -0.4 is 4.57 Å². The lowest BCUT2D eigenvalue weighted by Gasteiger charge is -2.05. The van der Waals surface area contributed by atoms with Crippen molar-refractivity contribution in [1.82, 2.24) is 4.57 Å². The fraction of sp³-hybridized carbons (Fsp3) is 0.107. The molecule has 0 bridgehead atoms. The first kappa shape index (κ1) is 18.0. The predicted octanol–water partition coefficient (Wildman–Crippen LogP) is 6.54. The van der Waals surface area contributed by atoms with Crippen molar-refractivity contribution in [3.05, 3.63) is 90.8 Å². The van der Waals surface area contributed by atoms with E-state index in [9.17, 15) is 0 Å². The zero-order valence-corrected chi connectivity index (χ0v) is 17.9. The third-order valence-electron chi connectivity index (χ3n) is 6.34. The van der Waals surface area contributed by atoms with Gasteiger partial charge >= 0.3 is 0 Å². The third-order valence-corrected chi connectivity index (χ3v) is 6.34. The van der Waals surface area contributed by atoms with Crippen molar-refractivity contribution >= 4 is 32.7 Å². The van der Waals surface area contributed by atoms with Crippen molar-refractivity contribution in [1.29, 1.82) is 0 Å². The zero-order valence-electron chi connectivity index (χ0n) is 17.9. The first-order chi connectivity index (χ1) is 15.1. The molecule has 0 unspecified atom stereocenters. The Morgan fingerprint density at radius 3 is 2.42 bits per heavy atom. The summed E-state index contributed by atoms with van der Waals surface area (Å²) in [5.41, 5.74) is 6.53. The van der Waals surface area contributed by atoms with Gasteiger partial charge in [-0.15, -0.1) is 0 Å². The zero-order chi connectivity index (χ0) is 21.1. The highest BCUT2D eigenvalue weighted by Gasteiger charge is 2.24. The molecule has 2 heterocycles. The molecule has 6 rings (SSSR count). The number of fused-ring (bicyclic) bond motifs is 4. The summed E-state index contributed by atoms with van der Waals surface area (Å²) in [5.74, 6) is 1.13. The van der Waals surface area contributed by atoms with E-state index in [4.69, 9.17) is 4.42 Å². The van der Waals surface area contributed by atoms with Crippen molar-refractivity contribution in [3.8, 4) is 22.5 Å². The number of nitrogens with zero attached hydrogens (tertiary/aromatic N) is 2. The topological polar surface area (TPSA) is 21.9 Å². The maximum Gasteiger partial charge on any atom is 0.292 e. The highest BCUT2D eigenvalue weighted by Crippen LogP contribution is 2.40. The van der Waals surface area contributed by atoms with E-state index in [1.165, 1.54) is 21.9 Å². The normalized spacial score (nSPS) is 11.7. The molecule has 0 atom stereocenters. The van der Waals surface area contributed by atoms with Gasteiger partial charge in [0.1, 0.15) is 23.5 Å². The Balaban J connectivity index is 1.68. The Bertz CT molecular complexity index is 1600. The standard InChI is InChI=1S/C28H23N2O/c1-18-11-14-24-23-10-6-9-22(21-13-12-19-7-4-5-8-20(19)17-21)26(23)31-27(24)25(18)28-29(2)15-16-30(28)3/h4-17H,1-3H3/q+1. The molecule has 0 aliphatic carbocycles. The van der Waals surface area contributed by atoms with Gasteiger partial charge in [-0.25, -0.2) is 9.13 Å². The van der Waals surface area contributed by atoms with E-state index >= 15 is 0 Å². The van der Waals surface area contributed by atoms with Crippen LogP contribution in [0.4, 0.5) is 0 Å². The van der Waals surface area contributed by atoms with Crippen LogP contribution in [0, 0.1) is 6.92 Å². The molecule has 3 heteroatoms. The quantitative estimate of drug-likeness (QED) is 0.301.